The normalized spacial score (nSPS) is 15.4. The lowest BCUT2D eigenvalue weighted by atomic mass is 10.2. The molecular weight excluding hydrogens is 376 g/mol. The highest BCUT2D eigenvalue weighted by Gasteiger charge is 2.36. The summed E-state index contributed by atoms with van der Waals surface area (Å²) in [5.74, 6) is -2.74. The van der Waals surface area contributed by atoms with Crippen LogP contribution < -0.4 is 5.32 Å². The van der Waals surface area contributed by atoms with E-state index in [4.69, 9.17) is 9.52 Å². The van der Waals surface area contributed by atoms with Crippen molar-refractivity contribution < 1.29 is 33.8 Å². The monoisotopic (exact) mass is 388 g/mol. The van der Waals surface area contributed by atoms with Crippen molar-refractivity contribution in [1.82, 2.24) is 4.90 Å². The van der Waals surface area contributed by atoms with Crippen molar-refractivity contribution >= 4 is 46.5 Å². The molecule has 0 unspecified atom stereocenters. The second kappa shape index (κ2) is 7.38. The zero-order valence-electron chi connectivity index (χ0n) is 13.5. The number of aromatic carboxylic acids is 1. The Bertz CT molecular complexity index is 966. The first kappa shape index (κ1) is 18.3. The third-order valence-electron chi connectivity index (χ3n) is 3.50. The highest BCUT2D eigenvalue weighted by molar-refractivity contribution is 8.18. The summed E-state index contributed by atoms with van der Waals surface area (Å²) in [6, 6.07) is 6.73. The summed E-state index contributed by atoms with van der Waals surface area (Å²) in [4.78, 5) is 48.3. The summed E-state index contributed by atoms with van der Waals surface area (Å²) in [7, 11) is 0. The first-order valence-electron chi connectivity index (χ1n) is 7.50. The number of phenols is 1. The number of carbonyl (C=O) groups excluding carboxylic acids is 3. The van der Waals surface area contributed by atoms with Gasteiger partial charge in [0.15, 0.2) is 0 Å². The average Bonchev–Trinajstić information content (AvgIpc) is 3.21. The van der Waals surface area contributed by atoms with Crippen LogP contribution in [0.3, 0.4) is 0 Å². The molecule has 3 amide bonds. The van der Waals surface area contributed by atoms with Crippen LogP contribution in [0.15, 0.2) is 45.9 Å². The molecule has 10 heteroatoms. The number of hydrogen-bond acceptors (Lipinski definition) is 7. The van der Waals surface area contributed by atoms with Gasteiger partial charge in [-0.1, -0.05) is 0 Å². The molecule has 1 aliphatic heterocycles. The van der Waals surface area contributed by atoms with Crippen molar-refractivity contribution in [1.29, 1.82) is 0 Å². The number of amides is 3. The van der Waals surface area contributed by atoms with Crippen LogP contribution in [0, 0.1) is 0 Å². The molecular formula is C17H12N2O7S. The number of thioether (sulfide) groups is 1. The molecule has 1 aromatic heterocycles. The molecule has 2 aromatic rings. The fourth-order valence-corrected chi connectivity index (χ4v) is 3.09. The minimum Gasteiger partial charge on any atom is -0.507 e. The highest BCUT2D eigenvalue weighted by atomic mass is 32.2. The third-order valence-corrected chi connectivity index (χ3v) is 4.41. The van der Waals surface area contributed by atoms with Gasteiger partial charge in [-0.05, 0) is 42.1 Å². The molecule has 0 atom stereocenters. The van der Waals surface area contributed by atoms with E-state index in [1.807, 2.05) is 0 Å². The first-order valence-corrected chi connectivity index (χ1v) is 8.32. The number of benzene rings is 1. The van der Waals surface area contributed by atoms with Crippen LogP contribution in [-0.4, -0.2) is 44.7 Å². The van der Waals surface area contributed by atoms with Gasteiger partial charge in [0.05, 0.1) is 11.2 Å². The lowest BCUT2D eigenvalue weighted by Gasteiger charge is -2.13. The summed E-state index contributed by atoms with van der Waals surface area (Å²) in [6.07, 6.45) is 2.83. The largest absolute Gasteiger partial charge is 0.507 e. The number of carboxylic acid groups (broad SMARTS) is 1. The third kappa shape index (κ3) is 4.01. The molecule has 138 valence electrons. The van der Waals surface area contributed by atoms with E-state index in [0.717, 1.165) is 17.0 Å². The van der Waals surface area contributed by atoms with Crippen LogP contribution in [0.5, 0.6) is 5.75 Å². The molecule has 9 nitrogen and oxygen atoms in total. The Morgan fingerprint density at radius 1 is 1.26 bits per heavy atom. The molecule has 0 bridgehead atoms. The number of rotatable bonds is 5. The predicted octanol–water partition coefficient (Wildman–Crippen LogP) is 2.36. The Hall–Kier alpha value is -3.53. The summed E-state index contributed by atoms with van der Waals surface area (Å²) in [5.41, 5.74) is -0.284. The van der Waals surface area contributed by atoms with Crippen LogP contribution in [-0.2, 0) is 9.59 Å². The molecule has 0 spiro atoms. The molecule has 1 aromatic carbocycles. The number of hydrogen-bond donors (Lipinski definition) is 3. The van der Waals surface area contributed by atoms with E-state index in [-0.39, 0.29) is 16.2 Å². The van der Waals surface area contributed by atoms with E-state index in [2.05, 4.69) is 5.32 Å². The second-order valence-corrected chi connectivity index (χ2v) is 6.36. The zero-order valence-corrected chi connectivity index (χ0v) is 14.4. The summed E-state index contributed by atoms with van der Waals surface area (Å²) >= 11 is 0.684. The van der Waals surface area contributed by atoms with Gasteiger partial charge in [-0.15, -0.1) is 0 Å². The maximum Gasteiger partial charge on any atom is 0.339 e. The predicted molar refractivity (Wildman–Crippen MR) is 95.1 cm³/mol. The Morgan fingerprint density at radius 2 is 2.04 bits per heavy atom. The fraction of sp³-hybridized carbons (Fsp3) is 0.0588. The van der Waals surface area contributed by atoms with Crippen LogP contribution in [0.4, 0.5) is 10.5 Å². The Balaban J connectivity index is 1.69. The number of nitrogens with one attached hydrogen (secondary N) is 1. The topological polar surface area (TPSA) is 137 Å². The molecule has 3 rings (SSSR count). The average molecular weight is 388 g/mol. The number of carbonyl (C=O) groups is 4. The molecule has 2 heterocycles. The molecule has 0 saturated carbocycles. The van der Waals surface area contributed by atoms with Gasteiger partial charge >= 0.3 is 5.97 Å². The van der Waals surface area contributed by atoms with Gasteiger partial charge < -0.3 is 19.9 Å². The van der Waals surface area contributed by atoms with E-state index in [1.54, 1.807) is 12.1 Å². The van der Waals surface area contributed by atoms with Gasteiger partial charge in [-0.2, -0.15) is 0 Å². The van der Waals surface area contributed by atoms with Crippen LogP contribution in [0.25, 0.3) is 6.08 Å². The van der Waals surface area contributed by atoms with E-state index in [9.17, 15) is 24.3 Å². The number of anilines is 1. The van der Waals surface area contributed by atoms with E-state index in [1.165, 1.54) is 18.4 Å². The molecule has 0 radical (unpaired) electrons. The molecule has 1 aliphatic rings. The quantitative estimate of drug-likeness (QED) is 0.524. The van der Waals surface area contributed by atoms with E-state index in [0.29, 0.717) is 17.5 Å². The molecule has 1 saturated heterocycles. The van der Waals surface area contributed by atoms with Crippen molar-refractivity contribution in [3.05, 3.63) is 52.8 Å². The van der Waals surface area contributed by atoms with Crippen molar-refractivity contribution in [3.63, 3.8) is 0 Å². The van der Waals surface area contributed by atoms with Crippen molar-refractivity contribution in [2.75, 3.05) is 11.9 Å². The highest BCUT2D eigenvalue weighted by Crippen LogP contribution is 2.32. The summed E-state index contributed by atoms with van der Waals surface area (Å²) < 4.78 is 5.10. The SMILES string of the molecule is O=C(CN1C(=O)S/C(=C\c2ccco2)C1=O)Nc1ccc(O)c(C(=O)O)c1. The van der Waals surface area contributed by atoms with Crippen LogP contribution in [0.2, 0.25) is 0 Å². The van der Waals surface area contributed by atoms with Gasteiger partial charge in [0.25, 0.3) is 11.1 Å². The number of carboxylic acids is 1. The molecule has 27 heavy (non-hydrogen) atoms. The molecule has 0 aliphatic carbocycles. The number of nitrogens with zero attached hydrogens (tertiary/aromatic N) is 1. The Kier molecular flexibility index (Phi) is 4.99. The van der Waals surface area contributed by atoms with Crippen LogP contribution in [0.1, 0.15) is 16.1 Å². The number of furan rings is 1. The lowest BCUT2D eigenvalue weighted by molar-refractivity contribution is -0.127. The minimum absolute atomic E-state index is 0.105. The fourth-order valence-electron chi connectivity index (χ4n) is 2.27. The van der Waals surface area contributed by atoms with Gasteiger partial charge in [0.1, 0.15) is 23.6 Å². The Labute approximate surface area is 156 Å². The van der Waals surface area contributed by atoms with Crippen molar-refractivity contribution in [2.45, 2.75) is 0 Å². The standard InChI is InChI=1S/C17H12N2O7S/c20-12-4-3-9(6-11(12)16(23)24)18-14(21)8-19-15(22)13(27-17(19)25)7-10-2-1-5-26-10/h1-7,20H,8H2,(H,18,21)(H,23,24)/b13-7-. The summed E-state index contributed by atoms with van der Waals surface area (Å²) in [5, 5.41) is 20.2. The molecule has 1 fully saturated rings. The number of imide groups is 1. The first-order chi connectivity index (χ1) is 12.8. The van der Waals surface area contributed by atoms with Gasteiger partial charge in [-0.25, -0.2) is 4.79 Å². The minimum atomic E-state index is -1.36. The maximum atomic E-state index is 12.3. The summed E-state index contributed by atoms with van der Waals surface area (Å²) in [6.45, 7) is -0.538. The van der Waals surface area contributed by atoms with Gasteiger partial charge in [-0.3, -0.25) is 19.3 Å². The van der Waals surface area contributed by atoms with E-state index >= 15 is 0 Å². The lowest BCUT2D eigenvalue weighted by Crippen LogP contribution is -2.36. The maximum absolute atomic E-state index is 12.3. The van der Waals surface area contributed by atoms with Crippen molar-refractivity contribution in [3.8, 4) is 5.75 Å². The van der Waals surface area contributed by atoms with Crippen LogP contribution >= 0.6 is 11.8 Å². The van der Waals surface area contributed by atoms with Crippen molar-refractivity contribution in [2.24, 2.45) is 0 Å². The van der Waals surface area contributed by atoms with E-state index < -0.39 is 35.3 Å². The zero-order chi connectivity index (χ0) is 19.6. The molecule has 3 N–H and O–H groups in total. The van der Waals surface area contributed by atoms with Gasteiger partial charge in [0.2, 0.25) is 5.91 Å². The smallest absolute Gasteiger partial charge is 0.339 e. The van der Waals surface area contributed by atoms with Gasteiger partial charge in [0, 0.05) is 11.8 Å². The second-order valence-electron chi connectivity index (χ2n) is 5.37. The Morgan fingerprint density at radius 3 is 2.70 bits per heavy atom. The number of aromatic hydroxyl groups is 1.